The molecule has 2 aromatic rings. The van der Waals surface area contributed by atoms with Crippen LogP contribution in [0.25, 0.3) is 11.0 Å². The summed E-state index contributed by atoms with van der Waals surface area (Å²) in [4.78, 5) is 27.6. The number of ketones is 1. The van der Waals surface area contributed by atoms with Crippen LogP contribution in [0.5, 0.6) is 0 Å². The predicted molar refractivity (Wildman–Crippen MR) is 96.3 cm³/mol. The zero-order valence-electron chi connectivity index (χ0n) is 14.7. The summed E-state index contributed by atoms with van der Waals surface area (Å²) in [6.07, 6.45) is 5.46. The summed E-state index contributed by atoms with van der Waals surface area (Å²) in [6, 6.07) is 7.78. The van der Waals surface area contributed by atoms with Gasteiger partial charge in [-0.1, -0.05) is 31.4 Å². The lowest BCUT2D eigenvalue weighted by atomic mass is 9.86. The van der Waals surface area contributed by atoms with Gasteiger partial charge in [0.25, 0.3) is 0 Å². The number of carbonyl (C=O) groups excluding carboxylic acids is 1. The Hall–Kier alpha value is -1.88. The summed E-state index contributed by atoms with van der Waals surface area (Å²) in [6.45, 7) is 1.64. The van der Waals surface area contributed by atoms with Crippen molar-refractivity contribution in [3.8, 4) is 0 Å². The highest BCUT2D eigenvalue weighted by molar-refractivity contribution is 5.83. The molecule has 1 fully saturated rings. The van der Waals surface area contributed by atoms with E-state index in [2.05, 4.69) is 4.90 Å². The zero-order chi connectivity index (χ0) is 17.1. The van der Waals surface area contributed by atoms with Crippen molar-refractivity contribution in [3.63, 3.8) is 0 Å². The predicted octanol–water partition coefficient (Wildman–Crippen LogP) is 2.51. The molecule has 0 radical (unpaired) electrons. The van der Waals surface area contributed by atoms with Gasteiger partial charge in [0.15, 0.2) is 5.78 Å². The van der Waals surface area contributed by atoms with Crippen molar-refractivity contribution < 1.29 is 4.79 Å². The minimum absolute atomic E-state index is 0.0674. The molecule has 3 rings (SSSR count). The van der Waals surface area contributed by atoms with E-state index >= 15 is 0 Å². The van der Waals surface area contributed by atoms with Gasteiger partial charge >= 0.3 is 5.69 Å². The summed E-state index contributed by atoms with van der Waals surface area (Å²) in [5.41, 5.74) is 1.72. The Morgan fingerprint density at radius 3 is 2.33 bits per heavy atom. The molecule has 0 unspecified atom stereocenters. The number of aromatic nitrogens is 2. The van der Waals surface area contributed by atoms with Gasteiger partial charge in [0.2, 0.25) is 0 Å². The van der Waals surface area contributed by atoms with Crippen LogP contribution in [-0.2, 0) is 17.9 Å². The second kappa shape index (κ2) is 7.34. The third kappa shape index (κ3) is 3.46. The molecule has 130 valence electrons. The monoisotopic (exact) mass is 329 g/mol. The lowest BCUT2D eigenvalue weighted by Gasteiger charge is -2.20. The molecule has 0 saturated heterocycles. The van der Waals surface area contributed by atoms with Crippen LogP contribution >= 0.6 is 0 Å². The van der Waals surface area contributed by atoms with Gasteiger partial charge in [0.1, 0.15) is 0 Å². The number of hydrogen-bond donors (Lipinski definition) is 0. The molecule has 0 spiro atoms. The molecule has 0 N–H and O–H groups in total. The summed E-state index contributed by atoms with van der Waals surface area (Å²) in [5.74, 6) is 0.349. The Kier molecular flexibility index (Phi) is 5.19. The normalized spacial score (nSPS) is 16.1. The molecule has 0 amide bonds. The fourth-order valence-electron chi connectivity index (χ4n) is 3.65. The molecule has 5 heteroatoms. The Balaban J connectivity index is 1.91. The van der Waals surface area contributed by atoms with E-state index in [0.717, 1.165) is 43.3 Å². The fourth-order valence-corrected chi connectivity index (χ4v) is 3.65. The summed E-state index contributed by atoms with van der Waals surface area (Å²) >= 11 is 0. The van der Waals surface area contributed by atoms with Crippen LogP contribution in [0.15, 0.2) is 29.1 Å². The summed E-state index contributed by atoms with van der Waals surface area (Å²) in [5, 5.41) is 0. The van der Waals surface area contributed by atoms with Gasteiger partial charge in [-0.3, -0.25) is 13.9 Å². The molecule has 1 saturated carbocycles. The molecule has 0 atom stereocenters. The topological polar surface area (TPSA) is 47.2 Å². The minimum Gasteiger partial charge on any atom is -0.308 e. The zero-order valence-corrected chi connectivity index (χ0v) is 14.7. The first-order valence-corrected chi connectivity index (χ1v) is 8.93. The van der Waals surface area contributed by atoms with E-state index in [1.54, 1.807) is 9.13 Å². The largest absolute Gasteiger partial charge is 0.329 e. The molecular formula is C19H27N3O2. The van der Waals surface area contributed by atoms with Gasteiger partial charge in [0.05, 0.1) is 17.6 Å². The molecule has 0 bridgehead atoms. The van der Waals surface area contributed by atoms with Crippen LogP contribution in [0.2, 0.25) is 0 Å². The number of para-hydroxylation sites is 2. The van der Waals surface area contributed by atoms with Gasteiger partial charge < -0.3 is 4.90 Å². The van der Waals surface area contributed by atoms with Crippen LogP contribution in [0.1, 0.15) is 32.1 Å². The van der Waals surface area contributed by atoms with E-state index in [0.29, 0.717) is 6.54 Å². The smallest absolute Gasteiger partial charge is 0.308 e. The number of likely N-dealkylation sites (N-methyl/N-ethyl adjacent to an activating group) is 1. The van der Waals surface area contributed by atoms with E-state index in [-0.39, 0.29) is 23.9 Å². The minimum atomic E-state index is -0.0674. The average molecular weight is 329 g/mol. The molecule has 1 heterocycles. The van der Waals surface area contributed by atoms with Crippen molar-refractivity contribution in [1.82, 2.24) is 14.0 Å². The van der Waals surface area contributed by atoms with Crippen molar-refractivity contribution in [3.05, 3.63) is 34.7 Å². The third-order valence-electron chi connectivity index (χ3n) is 5.07. The van der Waals surface area contributed by atoms with Crippen molar-refractivity contribution in [2.24, 2.45) is 5.92 Å². The number of benzene rings is 1. The number of rotatable bonds is 6. The Morgan fingerprint density at radius 1 is 1.08 bits per heavy atom. The maximum atomic E-state index is 12.9. The van der Waals surface area contributed by atoms with Crippen LogP contribution in [-0.4, -0.2) is 40.5 Å². The molecule has 1 aromatic carbocycles. The number of carbonyl (C=O) groups is 1. The van der Waals surface area contributed by atoms with Crippen molar-refractivity contribution in [1.29, 1.82) is 0 Å². The van der Waals surface area contributed by atoms with Gasteiger partial charge in [-0.25, -0.2) is 4.79 Å². The van der Waals surface area contributed by atoms with Gasteiger partial charge in [-0.05, 0) is 39.1 Å². The highest BCUT2D eigenvalue weighted by atomic mass is 16.2. The molecular weight excluding hydrogens is 302 g/mol. The average Bonchev–Trinajstić information content (AvgIpc) is 2.86. The van der Waals surface area contributed by atoms with Crippen molar-refractivity contribution in [2.75, 3.05) is 20.6 Å². The van der Waals surface area contributed by atoms with Crippen LogP contribution in [0, 0.1) is 5.92 Å². The number of nitrogens with zero attached hydrogens (tertiary/aromatic N) is 3. The molecule has 1 aliphatic rings. The van der Waals surface area contributed by atoms with Crippen LogP contribution < -0.4 is 5.69 Å². The third-order valence-corrected chi connectivity index (χ3v) is 5.07. The highest BCUT2D eigenvalue weighted by Gasteiger charge is 2.23. The van der Waals surface area contributed by atoms with E-state index < -0.39 is 0 Å². The molecule has 5 nitrogen and oxygen atoms in total. The van der Waals surface area contributed by atoms with Crippen molar-refractivity contribution in [2.45, 2.75) is 45.2 Å². The maximum absolute atomic E-state index is 12.9. The molecule has 24 heavy (non-hydrogen) atoms. The quantitative estimate of drug-likeness (QED) is 0.818. The number of imidazole rings is 1. The van der Waals surface area contributed by atoms with Gasteiger partial charge in [-0.2, -0.15) is 0 Å². The SMILES string of the molecule is CN(C)CCn1c(=O)n(CC(=O)C2CCCCC2)c2ccccc21. The first-order valence-electron chi connectivity index (χ1n) is 8.93. The molecule has 0 aliphatic heterocycles. The number of fused-ring (bicyclic) bond motifs is 1. The summed E-state index contributed by atoms with van der Waals surface area (Å²) in [7, 11) is 3.99. The Bertz CT molecular complexity index is 767. The Morgan fingerprint density at radius 2 is 1.71 bits per heavy atom. The summed E-state index contributed by atoms with van der Waals surface area (Å²) < 4.78 is 3.46. The van der Waals surface area contributed by atoms with Gasteiger partial charge in [0, 0.05) is 19.0 Å². The van der Waals surface area contributed by atoms with E-state index in [1.807, 2.05) is 38.4 Å². The Labute approximate surface area is 142 Å². The lowest BCUT2D eigenvalue weighted by molar-refractivity contribution is -0.124. The van der Waals surface area contributed by atoms with Crippen LogP contribution in [0.4, 0.5) is 0 Å². The maximum Gasteiger partial charge on any atom is 0.329 e. The van der Waals surface area contributed by atoms with E-state index in [1.165, 1.54) is 6.42 Å². The standard InChI is InChI=1S/C19H27N3O2/c1-20(2)12-13-21-16-10-6-7-11-17(16)22(19(21)24)14-18(23)15-8-4-3-5-9-15/h6-7,10-11,15H,3-5,8-9,12-14H2,1-2H3. The van der Waals surface area contributed by atoms with E-state index in [9.17, 15) is 9.59 Å². The fraction of sp³-hybridized carbons (Fsp3) is 0.579. The van der Waals surface area contributed by atoms with Crippen LogP contribution in [0.3, 0.4) is 0 Å². The lowest BCUT2D eigenvalue weighted by Crippen LogP contribution is -2.32. The molecule has 1 aromatic heterocycles. The number of Topliss-reactive ketones (excluding diaryl/α,β-unsaturated/α-hetero) is 1. The first kappa shape index (κ1) is 17.0. The van der Waals surface area contributed by atoms with Gasteiger partial charge in [-0.15, -0.1) is 0 Å². The number of hydrogen-bond acceptors (Lipinski definition) is 3. The van der Waals surface area contributed by atoms with Crippen molar-refractivity contribution >= 4 is 16.8 Å². The first-order chi connectivity index (χ1) is 11.6. The second-order valence-corrected chi connectivity index (χ2v) is 7.11. The highest BCUT2D eigenvalue weighted by Crippen LogP contribution is 2.25. The van der Waals surface area contributed by atoms with E-state index in [4.69, 9.17) is 0 Å². The second-order valence-electron chi connectivity index (χ2n) is 7.11. The molecule has 1 aliphatic carbocycles.